The molecule has 31 heavy (non-hydrogen) atoms. The Balaban J connectivity index is 1.29. The highest BCUT2D eigenvalue weighted by molar-refractivity contribution is 5.94. The topological polar surface area (TPSA) is 58.1 Å². The summed E-state index contributed by atoms with van der Waals surface area (Å²) in [5.74, 6) is 0.787. The molecular formula is C24H38N4O3. The standard InChI is InChI=1S/C24H38N4O3/c1-20-16-22(18-25-17-20)24(29)27-6-2-21(3-7-27)19-28(23-4-12-30-13-5-23)9-8-26-10-14-31-15-11-26/h16-18,21,23H,2-15,19H2,1H3. The lowest BCUT2D eigenvalue weighted by atomic mass is 9.94. The van der Waals surface area contributed by atoms with Gasteiger partial charge in [-0.15, -0.1) is 0 Å². The molecule has 3 fully saturated rings. The molecule has 7 nitrogen and oxygen atoms in total. The minimum Gasteiger partial charge on any atom is -0.381 e. The van der Waals surface area contributed by atoms with Crippen LogP contribution < -0.4 is 0 Å². The number of nitrogens with zero attached hydrogens (tertiary/aromatic N) is 4. The van der Waals surface area contributed by atoms with E-state index in [1.54, 1.807) is 12.4 Å². The number of piperidine rings is 1. The molecule has 7 heteroatoms. The van der Waals surface area contributed by atoms with Crippen molar-refractivity contribution in [3.05, 3.63) is 29.6 Å². The van der Waals surface area contributed by atoms with Crippen LogP contribution in [0.3, 0.4) is 0 Å². The van der Waals surface area contributed by atoms with Gasteiger partial charge >= 0.3 is 0 Å². The average Bonchev–Trinajstić information content (AvgIpc) is 2.83. The maximum atomic E-state index is 12.9. The van der Waals surface area contributed by atoms with E-state index >= 15 is 0 Å². The zero-order valence-electron chi connectivity index (χ0n) is 19.0. The van der Waals surface area contributed by atoms with Crippen molar-refractivity contribution in [2.75, 3.05) is 72.2 Å². The van der Waals surface area contributed by atoms with Crippen LogP contribution in [0, 0.1) is 12.8 Å². The van der Waals surface area contributed by atoms with Crippen molar-refractivity contribution >= 4 is 5.91 Å². The van der Waals surface area contributed by atoms with Gasteiger partial charge in [-0.25, -0.2) is 0 Å². The second kappa shape index (κ2) is 11.4. The summed E-state index contributed by atoms with van der Waals surface area (Å²) in [5, 5.41) is 0. The van der Waals surface area contributed by atoms with Crippen molar-refractivity contribution in [2.24, 2.45) is 5.92 Å². The molecule has 172 valence electrons. The zero-order chi connectivity index (χ0) is 21.5. The highest BCUT2D eigenvalue weighted by Gasteiger charge is 2.29. The van der Waals surface area contributed by atoms with E-state index in [2.05, 4.69) is 14.8 Å². The van der Waals surface area contributed by atoms with Gasteiger partial charge in [-0.05, 0) is 50.2 Å². The first-order valence-electron chi connectivity index (χ1n) is 12.0. The molecule has 1 amide bonds. The lowest BCUT2D eigenvalue weighted by Gasteiger charge is -2.40. The van der Waals surface area contributed by atoms with E-state index in [0.717, 1.165) is 103 Å². The molecule has 1 aromatic heterocycles. The van der Waals surface area contributed by atoms with Crippen LogP contribution in [0.25, 0.3) is 0 Å². The van der Waals surface area contributed by atoms with Crippen molar-refractivity contribution in [1.82, 2.24) is 19.7 Å². The first-order valence-corrected chi connectivity index (χ1v) is 12.0. The summed E-state index contributed by atoms with van der Waals surface area (Å²) in [5.41, 5.74) is 1.75. The summed E-state index contributed by atoms with van der Waals surface area (Å²) in [6.07, 6.45) is 7.94. The molecular weight excluding hydrogens is 392 g/mol. The van der Waals surface area contributed by atoms with Gasteiger partial charge in [0, 0.05) is 77.5 Å². The van der Waals surface area contributed by atoms with Gasteiger partial charge in [0.25, 0.3) is 5.91 Å². The van der Waals surface area contributed by atoms with Gasteiger partial charge in [0.1, 0.15) is 0 Å². The number of aryl methyl sites for hydroxylation is 1. The number of ether oxygens (including phenoxy) is 2. The van der Waals surface area contributed by atoms with Crippen molar-refractivity contribution < 1.29 is 14.3 Å². The number of hydrogen-bond acceptors (Lipinski definition) is 6. The predicted molar refractivity (Wildman–Crippen MR) is 120 cm³/mol. The Hall–Kier alpha value is -1.54. The number of carbonyl (C=O) groups excluding carboxylic acids is 1. The molecule has 4 rings (SSSR count). The number of likely N-dealkylation sites (tertiary alicyclic amines) is 1. The maximum Gasteiger partial charge on any atom is 0.255 e. The largest absolute Gasteiger partial charge is 0.381 e. The molecule has 3 aliphatic heterocycles. The highest BCUT2D eigenvalue weighted by atomic mass is 16.5. The molecule has 0 atom stereocenters. The third-order valence-corrected chi connectivity index (χ3v) is 7.03. The summed E-state index contributed by atoms with van der Waals surface area (Å²) in [7, 11) is 0. The Morgan fingerprint density at radius 3 is 2.45 bits per heavy atom. The molecule has 4 heterocycles. The summed E-state index contributed by atoms with van der Waals surface area (Å²) in [4.78, 5) is 24.3. The number of morpholine rings is 1. The van der Waals surface area contributed by atoms with Crippen molar-refractivity contribution in [3.63, 3.8) is 0 Å². The molecule has 0 N–H and O–H groups in total. The number of pyridine rings is 1. The van der Waals surface area contributed by atoms with Crippen LogP contribution in [0.4, 0.5) is 0 Å². The molecule has 3 saturated heterocycles. The van der Waals surface area contributed by atoms with E-state index in [1.165, 1.54) is 0 Å². The predicted octanol–water partition coefficient (Wildman–Crippen LogP) is 2.06. The van der Waals surface area contributed by atoms with Crippen LogP contribution >= 0.6 is 0 Å². The number of carbonyl (C=O) groups is 1. The SMILES string of the molecule is Cc1cncc(C(=O)N2CCC(CN(CCN3CCOCC3)C3CCOCC3)CC2)c1. The highest BCUT2D eigenvalue weighted by Crippen LogP contribution is 2.23. The summed E-state index contributed by atoms with van der Waals surface area (Å²) in [6, 6.07) is 2.58. The van der Waals surface area contributed by atoms with Gasteiger partial charge in [0.15, 0.2) is 0 Å². The third kappa shape index (κ3) is 6.48. The molecule has 1 aromatic rings. The van der Waals surface area contributed by atoms with Crippen LogP contribution in [0.2, 0.25) is 0 Å². The molecule has 0 unspecified atom stereocenters. The number of rotatable bonds is 7. The second-order valence-electron chi connectivity index (χ2n) is 9.28. The van der Waals surface area contributed by atoms with Crippen LogP contribution in [-0.2, 0) is 9.47 Å². The van der Waals surface area contributed by atoms with Gasteiger partial charge in [0.2, 0.25) is 0 Å². The Labute approximate surface area is 186 Å². The summed E-state index contributed by atoms with van der Waals surface area (Å²) in [6.45, 7) is 12.7. The minimum absolute atomic E-state index is 0.128. The van der Waals surface area contributed by atoms with Gasteiger partial charge in [0.05, 0.1) is 18.8 Å². The molecule has 0 spiro atoms. The molecule has 0 bridgehead atoms. The monoisotopic (exact) mass is 430 g/mol. The molecule has 0 saturated carbocycles. The van der Waals surface area contributed by atoms with E-state index in [9.17, 15) is 4.79 Å². The smallest absolute Gasteiger partial charge is 0.255 e. The fraction of sp³-hybridized carbons (Fsp3) is 0.750. The lowest BCUT2D eigenvalue weighted by Crippen LogP contribution is -2.49. The van der Waals surface area contributed by atoms with E-state index in [0.29, 0.717) is 17.5 Å². The number of hydrogen-bond donors (Lipinski definition) is 0. The fourth-order valence-electron chi connectivity index (χ4n) is 5.07. The second-order valence-corrected chi connectivity index (χ2v) is 9.28. The lowest BCUT2D eigenvalue weighted by molar-refractivity contribution is 0.00625. The molecule has 0 aromatic carbocycles. The first-order chi connectivity index (χ1) is 15.2. The Kier molecular flexibility index (Phi) is 8.30. The average molecular weight is 431 g/mol. The van der Waals surface area contributed by atoms with Gasteiger partial charge < -0.3 is 14.4 Å². The van der Waals surface area contributed by atoms with E-state index < -0.39 is 0 Å². The van der Waals surface area contributed by atoms with Crippen LogP contribution in [-0.4, -0.2) is 104 Å². The minimum atomic E-state index is 0.128. The number of aromatic nitrogens is 1. The van der Waals surface area contributed by atoms with Crippen molar-refractivity contribution in [2.45, 2.75) is 38.6 Å². The van der Waals surface area contributed by atoms with E-state index in [-0.39, 0.29) is 5.91 Å². The van der Waals surface area contributed by atoms with Gasteiger partial charge in [-0.3, -0.25) is 19.6 Å². The van der Waals surface area contributed by atoms with Crippen LogP contribution in [0.5, 0.6) is 0 Å². The molecule has 0 radical (unpaired) electrons. The fourth-order valence-corrected chi connectivity index (χ4v) is 5.07. The van der Waals surface area contributed by atoms with Crippen molar-refractivity contribution in [1.29, 1.82) is 0 Å². The van der Waals surface area contributed by atoms with Crippen LogP contribution in [0.1, 0.15) is 41.6 Å². The molecule has 3 aliphatic rings. The molecule has 0 aliphatic carbocycles. The Morgan fingerprint density at radius 1 is 1.03 bits per heavy atom. The normalized spacial score (nSPS) is 22.2. The van der Waals surface area contributed by atoms with E-state index in [1.807, 2.05) is 17.9 Å². The summed E-state index contributed by atoms with van der Waals surface area (Å²) < 4.78 is 11.1. The third-order valence-electron chi connectivity index (χ3n) is 7.03. The van der Waals surface area contributed by atoms with E-state index in [4.69, 9.17) is 9.47 Å². The quantitative estimate of drug-likeness (QED) is 0.660. The summed E-state index contributed by atoms with van der Waals surface area (Å²) >= 11 is 0. The van der Waals surface area contributed by atoms with Crippen LogP contribution in [0.15, 0.2) is 18.5 Å². The van der Waals surface area contributed by atoms with Crippen molar-refractivity contribution in [3.8, 4) is 0 Å². The number of amides is 1. The Morgan fingerprint density at radius 2 is 1.74 bits per heavy atom. The van der Waals surface area contributed by atoms with Gasteiger partial charge in [-0.1, -0.05) is 0 Å². The zero-order valence-corrected chi connectivity index (χ0v) is 19.0. The maximum absolute atomic E-state index is 12.9. The van der Waals surface area contributed by atoms with Gasteiger partial charge in [-0.2, -0.15) is 0 Å². The first kappa shape index (κ1) is 22.6. The Bertz CT molecular complexity index is 696.